The first kappa shape index (κ1) is 18.3. The van der Waals surface area contributed by atoms with E-state index in [-0.39, 0.29) is 11.7 Å². The van der Waals surface area contributed by atoms with Gasteiger partial charge in [-0.2, -0.15) is 0 Å². The van der Waals surface area contributed by atoms with Crippen molar-refractivity contribution in [1.29, 1.82) is 0 Å². The van der Waals surface area contributed by atoms with Crippen LogP contribution in [0.2, 0.25) is 0 Å². The van der Waals surface area contributed by atoms with E-state index in [1.54, 1.807) is 12.1 Å². The van der Waals surface area contributed by atoms with E-state index in [0.717, 1.165) is 11.3 Å². The van der Waals surface area contributed by atoms with Crippen molar-refractivity contribution < 1.29 is 9.18 Å². The third-order valence-corrected chi connectivity index (χ3v) is 3.92. The largest absolute Gasteiger partial charge is 0.378 e. The maximum atomic E-state index is 12.9. The van der Waals surface area contributed by atoms with E-state index in [2.05, 4.69) is 20.6 Å². The lowest BCUT2D eigenvalue weighted by molar-refractivity contribution is 0.102. The summed E-state index contributed by atoms with van der Waals surface area (Å²) in [5, 5.41) is 5.85. The fourth-order valence-corrected chi connectivity index (χ4v) is 2.37. The van der Waals surface area contributed by atoms with E-state index in [0.29, 0.717) is 23.7 Å². The van der Waals surface area contributed by atoms with Crippen molar-refractivity contribution in [2.45, 2.75) is 6.54 Å². The topological polar surface area (TPSA) is 70.2 Å². The van der Waals surface area contributed by atoms with E-state index in [9.17, 15) is 9.18 Å². The molecule has 7 heteroatoms. The van der Waals surface area contributed by atoms with Crippen molar-refractivity contribution in [2.75, 3.05) is 29.6 Å². The second kappa shape index (κ2) is 8.27. The highest BCUT2D eigenvalue weighted by Crippen LogP contribution is 2.16. The first-order valence-electron chi connectivity index (χ1n) is 8.40. The number of hydrogen-bond acceptors (Lipinski definition) is 5. The summed E-state index contributed by atoms with van der Waals surface area (Å²) in [5.41, 5.74) is 3.01. The maximum Gasteiger partial charge on any atom is 0.258 e. The molecule has 27 heavy (non-hydrogen) atoms. The average molecular weight is 365 g/mol. The summed E-state index contributed by atoms with van der Waals surface area (Å²) in [5.74, 6) is -0.161. The molecule has 0 fully saturated rings. The molecule has 0 saturated heterocycles. The van der Waals surface area contributed by atoms with Crippen molar-refractivity contribution in [3.63, 3.8) is 0 Å². The van der Waals surface area contributed by atoms with Gasteiger partial charge in [-0.1, -0.05) is 12.1 Å². The van der Waals surface area contributed by atoms with Crippen molar-refractivity contribution >= 4 is 23.2 Å². The lowest BCUT2D eigenvalue weighted by atomic mass is 10.2. The lowest BCUT2D eigenvalue weighted by Crippen LogP contribution is -2.14. The molecule has 0 saturated carbocycles. The van der Waals surface area contributed by atoms with Crippen molar-refractivity contribution in [3.8, 4) is 0 Å². The van der Waals surface area contributed by atoms with Gasteiger partial charge in [0.25, 0.3) is 5.91 Å². The van der Waals surface area contributed by atoms with Gasteiger partial charge in [0.15, 0.2) is 0 Å². The van der Waals surface area contributed by atoms with Crippen LogP contribution in [0.3, 0.4) is 0 Å². The van der Waals surface area contributed by atoms with Crippen LogP contribution in [-0.2, 0) is 6.54 Å². The zero-order valence-corrected chi connectivity index (χ0v) is 15.1. The Morgan fingerprint density at radius 3 is 2.22 bits per heavy atom. The second-order valence-electron chi connectivity index (χ2n) is 6.17. The molecule has 138 valence electrons. The normalized spacial score (nSPS) is 10.3. The van der Waals surface area contributed by atoms with Gasteiger partial charge >= 0.3 is 0 Å². The number of amides is 1. The molecule has 2 N–H and O–H groups in total. The minimum atomic E-state index is -0.280. The highest BCUT2D eigenvalue weighted by Gasteiger charge is 2.08. The fraction of sp³-hybridized carbons (Fsp3) is 0.150. The molecule has 0 spiro atoms. The highest BCUT2D eigenvalue weighted by molar-refractivity contribution is 6.03. The predicted molar refractivity (Wildman–Crippen MR) is 104 cm³/mol. The summed E-state index contributed by atoms with van der Waals surface area (Å²) < 4.78 is 12.9. The maximum absolute atomic E-state index is 12.9. The minimum Gasteiger partial charge on any atom is -0.378 e. The molecule has 2 aromatic carbocycles. The summed E-state index contributed by atoms with van der Waals surface area (Å²) in [6.45, 7) is 0.462. The second-order valence-corrected chi connectivity index (χ2v) is 6.17. The summed E-state index contributed by atoms with van der Waals surface area (Å²) in [6.07, 6.45) is 2.92. The van der Waals surface area contributed by atoms with Gasteiger partial charge in [-0.15, -0.1) is 0 Å². The zero-order chi connectivity index (χ0) is 19.2. The molecule has 3 aromatic rings. The molecule has 0 atom stereocenters. The Labute approximate surface area is 157 Å². The highest BCUT2D eigenvalue weighted by atomic mass is 19.1. The van der Waals surface area contributed by atoms with Crippen LogP contribution in [0.4, 0.5) is 21.7 Å². The van der Waals surface area contributed by atoms with Crippen LogP contribution in [0.25, 0.3) is 0 Å². The van der Waals surface area contributed by atoms with Crippen LogP contribution in [0.15, 0.2) is 60.9 Å². The first-order valence-corrected chi connectivity index (χ1v) is 8.40. The Morgan fingerprint density at radius 2 is 1.63 bits per heavy atom. The number of anilines is 3. The SMILES string of the molecule is CN(C)c1ccc(NC(=O)c2cnc(NCc3ccc(F)cc3)nc2)cc1. The van der Waals surface area contributed by atoms with E-state index < -0.39 is 0 Å². The van der Waals surface area contributed by atoms with Gasteiger partial charge in [-0.3, -0.25) is 4.79 Å². The molecule has 6 nitrogen and oxygen atoms in total. The van der Waals surface area contributed by atoms with Crippen molar-refractivity contribution in [1.82, 2.24) is 9.97 Å². The number of nitrogens with one attached hydrogen (secondary N) is 2. The zero-order valence-electron chi connectivity index (χ0n) is 15.1. The number of carbonyl (C=O) groups excluding carboxylic acids is 1. The predicted octanol–water partition coefficient (Wildman–Crippen LogP) is 3.55. The van der Waals surface area contributed by atoms with E-state index in [1.807, 2.05) is 43.3 Å². The number of carbonyl (C=O) groups is 1. The summed E-state index contributed by atoms with van der Waals surface area (Å²) in [4.78, 5) is 22.6. The van der Waals surface area contributed by atoms with Crippen LogP contribution >= 0.6 is 0 Å². The summed E-state index contributed by atoms with van der Waals surface area (Å²) >= 11 is 0. The van der Waals surface area contributed by atoms with Crippen molar-refractivity contribution in [3.05, 3.63) is 77.9 Å². The van der Waals surface area contributed by atoms with Gasteiger partial charge in [0, 0.05) is 44.4 Å². The molecule has 0 aliphatic carbocycles. The average Bonchev–Trinajstić information content (AvgIpc) is 2.68. The Balaban J connectivity index is 1.57. The van der Waals surface area contributed by atoms with Gasteiger partial charge < -0.3 is 15.5 Å². The first-order chi connectivity index (χ1) is 13.0. The monoisotopic (exact) mass is 365 g/mol. The number of nitrogens with zero attached hydrogens (tertiary/aromatic N) is 3. The van der Waals surface area contributed by atoms with E-state index >= 15 is 0 Å². The Hall–Kier alpha value is -3.48. The molecular weight excluding hydrogens is 345 g/mol. The molecule has 1 amide bonds. The number of halogens is 1. The summed E-state index contributed by atoms with van der Waals surface area (Å²) in [6, 6.07) is 13.7. The van der Waals surface area contributed by atoms with Gasteiger partial charge in [-0.25, -0.2) is 14.4 Å². The van der Waals surface area contributed by atoms with Gasteiger partial charge in [0.1, 0.15) is 5.82 Å². The molecule has 0 aliphatic heterocycles. The molecule has 1 heterocycles. The van der Waals surface area contributed by atoms with Crippen LogP contribution in [-0.4, -0.2) is 30.0 Å². The number of rotatable bonds is 6. The Morgan fingerprint density at radius 1 is 1.00 bits per heavy atom. The van der Waals surface area contributed by atoms with E-state index in [1.165, 1.54) is 24.5 Å². The van der Waals surface area contributed by atoms with Crippen LogP contribution in [0.1, 0.15) is 15.9 Å². The number of hydrogen-bond donors (Lipinski definition) is 2. The van der Waals surface area contributed by atoms with Crippen molar-refractivity contribution in [2.24, 2.45) is 0 Å². The van der Waals surface area contributed by atoms with Gasteiger partial charge in [-0.05, 0) is 42.0 Å². The molecule has 3 rings (SSSR count). The number of aromatic nitrogens is 2. The van der Waals surface area contributed by atoms with Crippen LogP contribution in [0.5, 0.6) is 0 Å². The molecule has 0 radical (unpaired) electrons. The van der Waals surface area contributed by atoms with Gasteiger partial charge in [0.2, 0.25) is 5.95 Å². The molecule has 0 aliphatic rings. The standard InChI is InChI=1S/C20H20FN5O/c1-26(2)18-9-7-17(8-10-18)25-19(27)15-12-23-20(24-13-15)22-11-14-3-5-16(21)6-4-14/h3-10,12-13H,11H2,1-2H3,(H,25,27)(H,22,23,24). The molecule has 1 aromatic heterocycles. The minimum absolute atomic E-state index is 0.276. The Kier molecular flexibility index (Phi) is 5.61. The van der Waals surface area contributed by atoms with E-state index in [4.69, 9.17) is 0 Å². The van der Waals surface area contributed by atoms with Gasteiger partial charge in [0.05, 0.1) is 5.56 Å². The van der Waals surface area contributed by atoms with Crippen LogP contribution < -0.4 is 15.5 Å². The van der Waals surface area contributed by atoms with Crippen LogP contribution in [0, 0.1) is 5.82 Å². The fourth-order valence-electron chi connectivity index (χ4n) is 2.37. The lowest BCUT2D eigenvalue weighted by Gasteiger charge is -2.13. The summed E-state index contributed by atoms with van der Waals surface area (Å²) in [7, 11) is 3.91. The number of benzene rings is 2. The smallest absolute Gasteiger partial charge is 0.258 e. The quantitative estimate of drug-likeness (QED) is 0.699. The molecule has 0 unspecified atom stereocenters. The third kappa shape index (κ3) is 5.01. The molecule has 0 bridgehead atoms. The Bertz CT molecular complexity index is 893. The third-order valence-electron chi connectivity index (χ3n) is 3.92. The molecular formula is C20H20FN5O.